The van der Waals surface area contributed by atoms with Crippen molar-refractivity contribution in [1.82, 2.24) is 14.9 Å². The highest BCUT2D eigenvalue weighted by molar-refractivity contribution is 5.77. The molecule has 1 unspecified atom stereocenters. The Hall–Kier alpha value is -2.67. The van der Waals surface area contributed by atoms with Gasteiger partial charge in [-0.05, 0) is 28.9 Å². The van der Waals surface area contributed by atoms with Crippen LogP contribution in [0.1, 0.15) is 57.9 Å². The van der Waals surface area contributed by atoms with Crippen LogP contribution in [-0.4, -0.2) is 43.8 Å². The number of carbonyl (C=O) groups is 2. The van der Waals surface area contributed by atoms with Crippen LogP contribution in [0.5, 0.6) is 0 Å². The summed E-state index contributed by atoms with van der Waals surface area (Å²) in [5, 5.41) is 21.9. The zero-order valence-corrected chi connectivity index (χ0v) is 18.4. The smallest absolute Gasteiger partial charge is 0.321 e. The van der Waals surface area contributed by atoms with Gasteiger partial charge in [-0.25, -0.2) is 4.98 Å². The van der Waals surface area contributed by atoms with E-state index in [4.69, 9.17) is 0 Å². The zero-order valence-electron chi connectivity index (χ0n) is 18.4. The Morgan fingerprint density at radius 3 is 2.17 bits per heavy atom. The monoisotopic (exact) mass is 415 g/mol. The van der Waals surface area contributed by atoms with Crippen LogP contribution in [-0.2, 0) is 28.0 Å². The molecule has 2 atom stereocenters. The summed E-state index contributed by atoms with van der Waals surface area (Å²) in [5.41, 5.74) is 3.15. The van der Waals surface area contributed by atoms with E-state index in [-0.39, 0.29) is 17.8 Å². The Bertz CT molecular complexity index is 850. The van der Waals surface area contributed by atoms with Crippen LogP contribution < -0.4 is 5.32 Å². The van der Waals surface area contributed by atoms with Gasteiger partial charge in [-0.3, -0.25) is 14.9 Å². The van der Waals surface area contributed by atoms with Gasteiger partial charge in [0.2, 0.25) is 0 Å². The fourth-order valence-electron chi connectivity index (χ4n) is 3.35. The Labute approximate surface area is 178 Å². The standard InChI is InChI=1S/C23H33N3O4/c1-15(2)10-19(21(27)28)25-20(22(29)30)11-18-12-24-14-26(18)13-16-6-8-17(9-7-16)23(3,4)5/h6-9,12,14-15,19-20,25H,10-11,13H2,1-5H3,(H,27,28)(H,29,30)/t19?,20-/m0/s1. The van der Waals surface area contributed by atoms with Gasteiger partial charge in [0.1, 0.15) is 12.1 Å². The number of hydrogen-bond donors (Lipinski definition) is 3. The number of aliphatic carboxylic acids is 2. The van der Waals surface area contributed by atoms with E-state index < -0.39 is 24.0 Å². The number of aromatic nitrogens is 2. The first-order valence-corrected chi connectivity index (χ1v) is 10.3. The van der Waals surface area contributed by atoms with Gasteiger partial charge < -0.3 is 14.8 Å². The van der Waals surface area contributed by atoms with Gasteiger partial charge in [0.05, 0.1) is 6.33 Å². The molecule has 0 aliphatic carbocycles. The Morgan fingerprint density at radius 2 is 1.67 bits per heavy atom. The predicted molar refractivity (Wildman–Crippen MR) is 116 cm³/mol. The average Bonchev–Trinajstić information content (AvgIpc) is 3.06. The molecule has 3 N–H and O–H groups in total. The van der Waals surface area contributed by atoms with E-state index >= 15 is 0 Å². The normalized spacial score (nSPS) is 13.9. The van der Waals surface area contributed by atoms with Crippen molar-refractivity contribution in [2.24, 2.45) is 5.92 Å². The molecule has 0 bridgehead atoms. The van der Waals surface area contributed by atoms with E-state index in [2.05, 4.69) is 55.3 Å². The molecule has 0 spiro atoms. The molecule has 0 amide bonds. The highest BCUT2D eigenvalue weighted by Gasteiger charge is 2.27. The van der Waals surface area contributed by atoms with E-state index in [1.165, 1.54) is 5.56 Å². The molecule has 0 aliphatic rings. The van der Waals surface area contributed by atoms with Crippen LogP contribution in [0.15, 0.2) is 36.8 Å². The van der Waals surface area contributed by atoms with Crippen molar-refractivity contribution in [3.05, 3.63) is 53.6 Å². The lowest BCUT2D eigenvalue weighted by atomic mass is 9.87. The second-order valence-corrected chi connectivity index (χ2v) is 9.24. The minimum atomic E-state index is -1.08. The molecule has 2 rings (SSSR count). The molecule has 0 radical (unpaired) electrons. The minimum absolute atomic E-state index is 0.0791. The van der Waals surface area contributed by atoms with Gasteiger partial charge in [-0.15, -0.1) is 0 Å². The molecule has 164 valence electrons. The van der Waals surface area contributed by atoms with Crippen molar-refractivity contribution >= 4 is 11.9 Å². The van der Waals surface area contributed by atoms with Crippen LogP contribution in [0, 0.1) is 5.92 Å². The van der Waals surface area contributed by atoms with Crippen LogP contribution in [0.25, 0.3) is 0 Å². The third-order valence-electron chi connectivity index (χ3n) is 5.09. The second-order valence-electron chi connectivity index (χ2n) is 9.24. The number of rotatable bonds is 10. The van der Waals surface area contributed by atoms with Crippen molar-refractivity contribution in [3.8, 4) is 0 Å². The van der Waals surface area contributed by atoms with Crippen molar-refractivity contribution in [3.63, 3.8) is 0 Å². The Kier molecular flexibility index (Phi) is 7.78. The van der Waals surface area contributed by atoms with Gasteiger partial charge in [-0.1, -0.05) is 58.9 Å². The Morgan fingerprint density at radius 1 is 1.07 bits per heavy atom. The highest BCUT2D eigenvalue weighted by Crippen LogP contribution is 2.22. The average molecular weight is 416 g/mol. The number of carboxylic acid groups (broad SMARTS) is 2. The third-order valence-corrected chi connectivity index (χ3v) is 5.09. The molecule has 1 heterocycles. The lowest BCUT2D eigenvalue weighted by Crippen LogP contribution is -2.49. The largest absolute Gasteiger partial charge is 0.480 e. The predicted octanol–water partition coefficient (Wildman–Crippen LogP) is 3.31. The maximum absolute atomic E-state index is 11.8. The summed E-state index contributed by atoms with van der Waals surface area (Å²) in [6.07, 6.45) is 3.82. The quantitative estimate of drug-likeness (QED) is 0.550. The molecule has 1 aromatic heterocycles. The molecule has 2 aromatic rings. The summed E-state index contributed by atoms with van der Waals surface area (Å²) in [6.45, 7) is 10.9. The molecule has 0 fully saturated rings. The lowest BCUT2D eigenvalue weighted by molar-refractivity contribution is -0.142. The molecular formula is C23H33N3O4. The molecule has 0 aliphatic heterocycles. The van der Waals surface area contributed by atoms with Crippen molar-refractivity contribution in [1.29, 1.82) is 0 Å². The SMILES string of the molecule is CC(C)CC(N[C@@H](Cc1cncn1Cc1ccc(C(C)(C)C)cc1)C(=O)O)C(=O)O. The van der Waals surface area contributed by atoms with E-state index in [1.807, 2.05) is 18.4 Å². The fourth-order valence-corrected chi connectivity index (χ4v) is 3.35. The lowest BCUT2D eigenvalue weighted by Gasteiger charge is -2.22. The van der Waals surface area contributed by atoms with Crippen LogP contribution in [0.3, 0.4) is 0 Å². The Balaban J connectivity index is 2.14. The molecular weight excluding hydrogens is 382 g/mol. The second kappa shape index (κ2) is 9.89. The number of benzene rings is 1. The minimum Gasteiger partial charge on any atom is -0.480 e. The zero-order chi connectivity index (χ0) is 22.5. The first-order chi connectivity index (χ1) is 14.0. The summed E-state index contributed by atoms with van der Waals surface area (Å²) in [5.74, 6) is -1.98. The van der Waals surface area contributed by atoms with Crippen molar-refractivity contribution in [2.45, 2.75) is 71.5 Å². The van der Waals surface area contributed by atoms with Crippen LogP contribution >= 0.6 is 0 Å². The maximum Gasteiger partial charge on any atom is 0.321 e. The summed E-state index contributed by atoms with van der Waals surface area (Å²) in [4.78, 5) is 27.5. The number of nitrogens with one attached hydrogen (secondary N) is 1. The van der Waals surface area contributed by atoms with E-state index in [1.54, 1.807) is 12.5 Å². The van der Waals surface area contributed by atoms with Crippen LogP contribution in [0.2, 0.25) is 0 Å². The fraction of sp³-hybridized carbons (Fsp3) is 0.522. The number of hydrogen-bond acceptors (Lipinski definition) is 4. The third kappa shape index (κ3) is 6.69. The van der Waals surface area contributed by atoms with Crippen LogP contribution in [0.4, 0.5) is 0 Å². The molecule has 30 heavy (non-hydrogen) atoms. The molecule has 0 saturated carbocycles. The first kappa shape index (κ1) is 23.6. The van der Waals surface area contributed by atoms with E-state index in [0.717, 1.165) is 11.3 Å². The first-order valence-electron chi connectivity index (χ1n) is 10.3. The summed E-state index contributed by atoms with van der Waals surface area (Å²) < 4.78 is 1.90. The van der Waals surface area contributed by atoms with Gasteiger partial charge in [0, 0.05) is 24.9 Å². The molecule has 1 aromatic carbocycles. The van der Waals surface area contributed by atoms with Gasteiger partial charge in [-0.2, -0.15) is 0 Å². The van der Waals surface area contributed by atoms with Crippen molar-refractivity contribution in [2.75, 3.05) is 0 Å². The van der Waals surface area contributed by atoms with Gasteiger partial charge in [0.15, 0.2) is 0 Å². The summed E-state index contributed by atoms with van der Waals surface area (Å²) in [6, 6.07) is 6.44. The molecule has 7 heteroatoms. The number of imidazole rings is 1. The van der Waals surface area contributed by atoms with Gasteiger partial charge >= 0.3 is 11.9 Å². The van der Waals surface area contributed by atoms with E-state index in [0.29, 0.717) is 13.0 Å². The number of carboxylic acids is 2. The maximum atomic E-state index is 11.8. The molecule has 0 saturated heterocycles. The molecule has 7 nitrogen and oxygen atoms in total. The van der Waals surface area contributed by atoms with Crippen molar-refractivity contribution < 1.29 is 19.8 Å². The topological polar surface area (TPSA) is 104 Å². The van der Waals surface area contributed by atoms with Gasteiger partial charge in [0.25, 0.3) is 0 Å². The summed E-state index contributed by atoms with van der Waals surface area (Å²) in [7, 11) is 0. The number of nitrogens with zero attached hydrogens (tertiary/aromatic N) is 2. The van der Waals surface area contributed by atoms with E-state index in [9.17, 15) is 19.8 Å². The summed E-state index contributed by atoms with van der Waals surface area (Å²) >= 11 is 0. The highest BCUT2D eigenvalue weighted by atomic mass is 16.4.